The summed E-state index contributed by atoms with van der Waals surface area (Å²) in [7, 11) is 3.30. The van der Waals surface area contributed by atoms with Crippen LogP contribution in [0.4, 0.5) is 11.4 Å². The Balaban J connectivity index is 1.92. The van der Waals surface area contributed by atoms with Crippen molar-refractivity contribution in [2.75, 3.05) is 24.4 Å². The normalized spacial score (nSPS) is 16.5. The molecule has 0 spiro atoms. The van der Waals surface area contributed by atoms with Crippen molar-refractivity contribution in [1.29, 1.82) is 0 Å². The number of fused-ring (bicyclic) bond motifs is 1. The standard InChI is InChI=1S/C19H20N2O3/c1-12-8-9-17(24-3)15(10-12)20-19(23)14-11-18(22)21(2)16-7-5-4-6-13(14)16/h4-10,14H,11H2,1-3H3,(H,20,23). The number of ether oxygens (including phenoxy) is 1. The molecule has 5 heteroatoms. The first-order valence-corrected chi connectivity index (χ1v) is 7.82. The van der Waals surface area contributed by atoms with Gasteiger partial charge in [0.2, 0.25) is 11.8 Å². The highest BCUT2D eigenvalue weighted by molar-refractivity contribution is 6.06. The van der Waals surface area contributed by atoms with Crippen LogP contribution in [-0.2, 0) is 9.59 Å². The monoisotopic (exact) mass is 324 g/mol. The van der Waals surface area contributed by atoms with Gasteiger partial charge in [-0.15, -0.1) is 0 Å². The van der Waals surface area contributed by atoms with Gasteiger partial charge in [0.25, 0.3) is 0 Å². The van der Waals surface area contributed by atoms with Crippen LogP contribution >= 0.6 is 0 Å². The molecule has 3 rings (SSSR count). The van der Waals surface area contributed by atoms with Gasteiger partial charge in [0, 0.05) is 19.2 Å². The summed E-state index contributed by atoms with van der Waals surface area (Å²) in [5.74, 6) is -0.172. The van der Waals surface area contributed by atoms with Gasteiger partial charge in [-0.1, -0.05) is 24.3 Å². The quantitative estimate of drug-likeness (QED) is 0.944. The van der Waals surface area contributed by atoms with Crippen LogP contribution in [0.2, 0.25) is 0 Å². The molecular formula is C19H20N2O3. The molecule has 1 unspecified atom stereocenters. The summed E-state index contributed by atoms with van der Waals surface area (Å²) >= 11 is 0. The second-order valence-electron chi connectivity index (χ2n) is 5.96. The molecule has 1 aliphatic heterocycles. The lowest BCUT2D eigenvalue weighted by Gasteiger charge is -2.31. The molecule has 124 valence electrons. The Labute approximate surface area is 141 Å². The lowest BCUT2D eigenvalue weighted by Crippen LogP contribution is -2.37. The number of hydrogen-bond acceptors (Lipinski definition) is 3. The van der Waals surface area contributed by atoms with Crippen molar-refractivity contribution in [3.05, 3.63) is 53.6 Å². The molecule has 0 saturated carbocycles. The number of para-hydroxylation sites is 1. The predicted octanol–water partition coefficient (Wildman–Crippen LogP) is 3.09. The molecule has 2 aromatic carbocycles. The Bertz CT molecular complexity index is 801. The minimum atomic E-state index is -0.505. The lowest BCUT2D eigenvalue weighted by molar-refractivity contribution is -0.124. The minimum Gasteiger partial charge on any atom is -0.495 e. The number of nitrogens with one attached hydrogen (secondary N) is 1. The zero-order valence-electron chi connectivity index (χ0n) is 14.0. The number of carbonyl (C=O) groups is 2. The third-order valence-corrected chi connectivity index (χ3v) is 4.36. The molecule has 1 atom stereocenters. The van der Waals surface area contributed by atoms with Crippen LogP contribution in [0.15, 0.2) is 42.5 Å². The summed E-state index contributed by atoms with van der Waals surface area (Å²) < 4.78 is 5.31. The number of benzene rings is 2. The van der Waals surface area contributed by atoms with Crippen LogP contribution in [0, 0.1) is 6.92 Å². The van der Waals surface area contributed by atoms with Gasteiger partial charge < -0.3 is 15.0 Å². The Morgan fingerprint density at radius 1 is 1.25 bits per heavy atom. The maximum atomic E-state index is 12.8. The van der Waals surface area contributed by atoms with Crippen molar-refractivity contribution in [1.82, 2.24) is 0 Å². The maximum Gasteiger partial charge on any atom is 0.232 e. The van der Waals surface area contributed by atoms with Gasteiger partial charge in [0.15, 0.2) is 0 Å². The number of carbonyl (C=O) groups excluding carboxylic acids is 2. The second kappa shape index (κ2) is 6.35. The number of rotatable bonds is 3. The highest BCUT2D eigenvalue weighted by Crippen LogP contribution is 2.36. The lowest BCUT2D eigenvalue weighted by atomic mass is 9.89. The third kappa shape index (κ3) is 2.85. The summed E-state index contributed by atoms with van der Waals surface area (Å²) in [6.45, 7) is 1.95. The third-order valence-electron chi connectivity index (χ3n) is 4.36. The number of methoxy groups -OCH3 is 1. The van der Waals surface area contributed by atoms with E-state index in [1.165, 1.54) is 0 Å². The average Bonchev–Trinajstić information content (AvgIpc) is 2.58. The second-order valence-corrected chi connectivity index (χ2v) is 5.96. The first kappa shape index (κ1) is 16.1. The van der Waals surface area contributed by atoms with Crippen molar-refractivity contribution in [2.24, 2.45) is 0 Å². The van der Waals surface area contributed by atoms with Crippen molar-refractivity contribution in [3.8, 4) is 5.75 Å². The van der Waals surface area contributed by atoms with E-state index in [-0.39, 0.29) is 18.2 Å². The van der Waals surface area contributed by atoms with Gasteiger partial charge in [-0.2, -0.15) is 0 Å². The Morgan fingerprint density at radius 2 is 2.00 bits per heavy atom. The highest BCUT2D eigenvalue weighted by atomic mass is 16.5. The number of aryl methyl sites for hydroxylation is 1. The van der Waals surface area contributed by atoms with E-state index in [4.69, 9.17) is 4.74 Å². The minimum absolute atomic E-state index is 0.0648. The van der Waals surface area contributed by atoms with Gasteiger partial charge in [0.1, 0.15) is 5.75 Å². The van der Waals surface area contributed by atoms with Crippen LogP contribution in [0.1, 0.15) is 23.5 Å². The largest absolute Gasteiger partial charge is 0.495 e. The van der Waals surface area contributed by atoms with Gasteiger partial charge >= 0.3 is 0 Å². The van der Waals surface area contributed by atoms with E-state index in [1.807, 2.05) is 49.4 Å². The first-order valence-electron chi connectivity index (χ1n) is 7.82. The van der Waals surface area contributed by atoms with E-state index >= 15 is 0 Å². The Morgan fingerprint density at radius 3 is 2.75 bits per heavy atom. The molecule has 5 nitrogen and oxygen atoms in total. The molecule has 24 heavy (non-hydrogen) atoms. The number of nitrogens with zero attached hydrogens (tertiary/aromatic N) is 1. The van der Waals surface area contributed by atoms with Crippen LogP contribution in [-0.4, -0.2) is 26.0 Å². The molecule has 0 radical (unpaired) electrons. The number of hydrogen-bond donors (Lipinski definition) is 1. The van der Waals surface area contributed by atoms with Crippen molar-refractivity contribution in [3.63, 3.8) is 0 Å². The Kier molecular flexibility index (Phi) is 4.25. The molecular weight excluding hydrogens is 304 g/mol. The summed E-state index contributed by atoms with van der Waals surface area (Å²) in [5.41, 5.74) is 3.28. The molecule has 0 bridgehead atoms. The molecule has 0 aliphatic carbocycles. The summed E-state index contributed by atoms with van der Waals surface area (Å²) in [6, 6.07) is 13.1. The van der Waals surface area contributed by atoms with Gasteiger partial charge in [-0.25, -0.2) is 0 Å². The molecule has 2 aromatic rings. The van der Waals surface area contributed by atoms with Crippen LogP contribution in [0.3, 0.4) is 0 Å². The van der Waals surface area contributed by atoms with Crippen LogP contribution in [0.5, 0.6) is 5.75 Å². The van der Waals surface area contributed by atoms with E-state index in [2.05, 4.69) is 5.32 Å². The molecule has 0 saturated heterocycles. The fourth-order valence-corrected chi connectivity index (χ4v) is 3.02. The van der Waals surface area contributed by atoms with E-state index in [0.29, 0.717) is 11.4 Å². The predicted molar refractivity (Wildman–Crippen MR) is 93.6 cm³/mol. The van der Waals surface area contributed by atoms with Crippen molar-refractivity contribution >= 4 is 23.2 Å². The first-order chi connectivity index (χ1) is 11.5. The number of anilines is 2. The van der Waals surface area contributed by atoms with Crippen LogP contribution < -0.4 is 15.0 Å². The summed E-state index contributed by atoms with van der Waals surface area (Å²) in [4.78, 5) is 26.7. The van der Waals surface area contributed by atoms with Crippen LogP contribution in [0.25, 0.3) is 0 Å². The van der Waals surface area contributed by atoms with E-state index in [0.717, 1.165) is 16.8 Å². The Hall–Kier alpha value is -2.82. The van der Waals surface area contributed by atoms with Gasteiger partial charge in [-0.3, -0.25) is 9.59 Å². The van der Waals surface area contributed by atoms with E-state index < -0.39 is 5.92 Å². The summed E-state index contributed by atoms with van der Waals surface area (Å²) in [6.07, 6.45) is 0.160. The van der Waals surface area contributed by atoms with Crippen molar-refractivity contribution in [2.45, 2.75) is 19.3 Å². The SMILES string of the molecule is COc1ccc(C)cc1NC(=O)C1CC(=O)N(C)c2ccccc21. The fourth-order valence-electron chi connectivity index (χ4n) is 3.02. The smallest absolute Gasteiger partial charge is 0.232 e. The zero-order valence-corrected chi connectivity index (χ0v) is 14.0. The molecule has 0 aromatic heterocycles. The van der Waals surface area contributed by atoms with E-state index in [1.54, 1.807) is 19.1 Å². The average molecular weight is 324 g/mol. The summed E-state index contributed by atoms with van der Waals surface area (Å²) in [5, 5.41) is 2.91. The highest BCUT2D eigenvalue weighted by Gasteiger charge is 2.33. The molecule has 1 aliphatic rings. The maximum absolute atomic E-state index is 12.8. The van der Waals surface area contributed by atoms with Crippen molar-refractivity contribution < 1.29 is 14.3 Å². The molecule has 1 N–H and O–H groups in total. The van der Waals surface area contributed by atoms with Gasteiger partial charge in [0.05, 0.1) is 18.7 Å². The zero-order chi connectivity index (χ0) is 17.3. The molecule has 2 amide bonds. The molecule has 0 fully saturated rings. The topological polar surface area (TPSA) is 58.6 Å². The van der Waals surface area contributed by atoms with E-state index in [9.17, 15) is 9.59 Å². The van der Waals surface area contributed by atoms with Gasteiger partial charge in [-0.05, 0) is 36.2 Å². The molecule has 1 heterocycles. The number of amides is 2. The fraction of sp³-hybridized carbons (Fsp3) is 0.263.